The minimum Gasteiger partial charge on any atom is -0.484 e. The number of hydrogen-bond acceptors (Lipinski definition) is 5. The van der Waals surface area contributed by atoms with Gasteiger partial charge in [-0.1, -0.05) is 17.3 Å². The Morgan fingerprint density at radius 2 is 1.96 bits per heavy atom. The van der Waals surface area contributed by atoms with Gasteiger partial charge in [-0.05, 0) is 48.4 Å². The summed E-state index contributed by atoms with van der Waals surface area (Å²) in [7, 11) is 0. The first-order valence-corrected chi connectivity index (χ1v) is 8.06. The number of nitrogens with one attached hydrogen (secondary N) is 1. The molecule has 7 heteroatoms. The van der Waals surface area contributed by atoms with E-state index in [-0.39, 0.29) is 24.9 Å². The Labute approximate surface area is 150 Å². The van der Waals surface area contributed by atoms with E-state index in [1.807, 2.05) is 0 Å². The van der Waals surface area contributed by atoms with Crippen LogP contribution in [0.4, 0.5) is 4.39 Å². The molecule has 0 radical (unpaired) electrons. The maximum atomic E-state index is 13.5. The lowest BCUT2D eigenvalue weighted by Crippen LogP contribution is -2.28. The van der Waals surface area contributed by atoms with Gasteiger partial charge in [0.15, 0.2) is 6.61 Å². The van der Waals surface area contributed by atoms with Gasteiger partial charge in [-0.3, -0.25) is 4.79 Å². The summed E-state index contributed by atoms with van der Waals surface area (Å²) in [6.07, 6.45) is 0. The fourth-order valence-corrected chi connectivity index (χ4v) is 2.26. The minimum absolute atomic E-state index is 0.130. The molecule has 0 bridgehead atoms. The number of carbonyl (C=O) groups is 1. The van der Waals surface area contributed by atoms with Crippen molar-refractivity contribution in [3.05, 3.63) is 65.3 Å². The number of nitrogens with zero attached hydrogens (tertiary/aromatic N) is 2. The van der Waals surface area contributed by atoms with Crippen molar-refractivity contribution in [3.8, 4) is 17.1 Å². The molecule has 0 unspecified atom stereocenters. The zero-order valence-electron chi connectivity index (χ0n) is 14.5. The van der Waals surface area contributed by atoms with Crippen LogP contribution >= 0.6 is 0 Å². The molecule has 0 atom stereocenters. The van der Waals surface area contributed by atoms with Crippen molar-refractivity contribution in [1.29, 1.82) is 0 Å². The Hall–Kier alpha value is -3.22. The van der Waals surface area contributed by atoms with Crippen LogP contribution in [0.1, 0.15) is 17.0 Å². The molecule has 134 valence electrons. The Bertz CT molecular complexity index is 907. The molecule has 0 aliphatic heterocycles. The van der Waals surface area contributed by atoms with Gasteiger partial charge >= 0.3 is 0 Å². The van der Waals surface area contributed by atoms with Crippen LogP contribution in [0, 0.1) is 19.7 Å². The van der Waals surface area contributed by atoms with Crippen molar-refractivity contribution in [1.82, 2.24) is 15.5 Å². The number of carbonyl (C=O) groups excluding carboxylic acids is 1. The van der Waals surface area contributed by atoms with Crippen molar-refractivity contribution in [3.63, 3.8) is 0 Å². The second-order valence-electron chi connectivity index (χ2n) is 5.81. The molecule has 2 aromatic carbocycles. The number of benzene rings is 2. The van der Waals surface area contributed by atoms with Gasteiger partial charge in [0.05, 0.1) is 0 Å². The van der Waals surface area contributed by atoms with E-state index in [0.29, 0.717) is 28.6 Å². The maximum Gasteiger partial charge on any atom is 0.258 e. The zero-order chi connectivity index (χ0) is 18.5. The van der Waals surface area contributed by atoms with Crippen LogP contribution in [0.2, 0.25) is 0 Å². The van der Waals surface area contributed by atoms with Crippen molar-refractivity contribution in [2.75, 3.05) is 6.61 Å². The molecular weight excluding hydrogens is 337 g/mol. The van der Waals surface area contributed by atoms with Crippen LogP contribution in [0.15, 0.2) is 47.0 Å². The number of aryl methyl sites for hydroxylation is 2. The number of hydrogen-bond donors (Lipinski definition) is 1. The maximum absolute atomic E-state index is 13.5. The van der Waals surface area contributed by atoms with E-state index in [9.17, 15) is 9.18 Å². The molecule has 26 heavy (non-hydrogen) atoms. The monoisotopic (exact) mass is 355 g/mol. The number of rotatable bonds is 6. The third-order valence-electron chi connectivity index (χ3n) is 3.74. The van der Waals surface area contributed by atoms with E-state index >= 15 is 0 Å². The molecule has 1 amide bonds. The van der Waals surface area contributed by atoms with Crippen LogP contribution in [-0.4, -0.2) is 22.7 Å². The predicted molar refractivity (Wildman–Crippen MR) is 92.9 cm³/mol. The molecule has 0 aliphatic rings. The third-order valence-corrected chi connectivity index (χ3v) is 3.74. The first kappa shape index (κ1) is 17.6. The molecule has 1 aromatic heterocycles. The summed E-state index contributed by atoms with van der Waals surface area (Å²) >= 11 is 0. The predicted octanol–water partition coefficient (Wildman–Crippen LogP) is 3.19. The Kier molecular flexibility index (Phi) is 5.26. The first-order chi connectivity index (χ1) is 12.5. The van der Waals surface area contributed by atoms with E-state index in [1.54, 1.807) is 50.2 Å². The smallest absolute Gasteiger partial charge is 0.258 e. The van der Waals surface area contributed by atoms with E-state index in [0.717, 1.165) is 5.56 Å². The highest BCUT2D eigenvalue weighted by Gasteiger charge is 2.07. The van der Waals surface area contributed by atoms with Crippen LogP contribution in [0.3, 0.4) is 0 Å². The first-order valence-electron chi connectivity index (χ1n) is 8.06. The van der Waals surface area contributed by atoms with Crippen molar-refractivity contribution >= 4 is 5.91 Å². The highest BCUT2D eigenvalue weighted by Crippen LogP contribution is 2.19. The normalized spacial score (nSPS) is 10.6. The van der Waals surface area contributed by atoms with Crippen LogP contribution in [-0.2, 0) is 11.3 Å². The van der Waals surface area contributed by atoms with Crippen molar-refractivity contribution in [2.24, 2.45) is 0 Å². The van der Waals surface area contributed by atoms with Gasteiger partial charge in [0.2, 0.25) is 11.7 Å². The van der Waals surface area contributed by atoms with Gasteiger partial charge < -0.3 is 14.6 Å². The minimum atomic E-state index is -0.288. The molecule has 3 aromatic rings. The van der Waals surface area contributed by atoms with Gasteiger partial charge in [0.25, 0.3) is 5.91 Å². The molecule has 0 saturated carbocycles. The van der Waals surface area contributed by atoms with Gasteiger partial charge in [-0.25, -0.2) is 4.39 Å². The summed E-state index contributed by atoms with van der Waals surface area (Å²) in [4.78, 5) is 16.0. The lowest BCUT2D eigenvalue weighted by atomic mass is 10.1. The molecule has 0 spiro atoms. The summed E-state index contributed by atoms with van der Waals surface area (Å²) in [5, 5.41) is 6.53. The van der Waals surface area contributed by atoms with Crippen molar-refractivity contribution in [2.45, 2.75) is 20.4 Å². The second-order valence-corrected chi connectivity index (χ2v) is 5.81. The lowest BCUT2D eigenvalue weighted by Gasteiger charge is -2.08. The van der Waals surface area contributed by atoms with Gasteiger partial charge in [0.1, 0.15) is 11.6 Å². The number of ether oxygens (including phenoxy) is 1. The molecule has 3 rings (SSSR count). The number of amides is 1. The average Bonchev–Trinajstić information content (AvgIpc) is 3.08. The summed E-state index contributed by atoms with van der Waals surface area (Å²) in [5.74, 6) is 0.960. The summed E-state index contributed by atoms with van der Waals surface area (Å²) in [5.41, 5.74) is 2.06. The number of halogens is 1. The average molecular weight is 355 g/mol. The van der Waals surface area contributed by atoms with E-state index in [2.05, 4.69) is 15.5 Å². The quantitative estimate of drug-likeness (QED) is 0.735. The molecule has 6 nitrogen and oxygen atoms in total. The van der Waals surface area contributed by atoms with Crippen LogP contribution in [0.25, 0.3) is 11.4 Å². The zero-order valence-corrected chi connectivity index (χ0v) is 14.5. The number of aromatic nitrogens is 2. The summed E-state index contributed by atoms with van der Waals surface area (Å²) in [6.45, 7) is 3.53. The second kappa shape index (κ2) is 7.77. The Morgan fingerprint density at radius 1 is 1.19 bits per heavy atom. The van der Waals surface area contributed by atoms with Gasteiger partial charge in [-0.15, -0.1) is 0 Å². The van der Waals surface area contributed by atoms with E-state index < -0.39 is 0 Å². The fraction of sp³-hybridized carbons (Fsp3) is 0.211. The molecular formula is C19H18FN3O3. The molecule has 0 saturated heterocycles. The van der Waals surface area contributed by atoms with Crippen LogP contribution in [0.5, 0.6) is 5.75 Å². The van der Waals surface area contributed by atoms with Gasteiger partial charge in [-0.2, -0.15) is 4.98 Å². The molecule has 1 N–H and O–H groups in total. The van der Waals surface area contributed by atoms with Crippen LogP contribution < -0.4 is 10.1 Å². The molecule has 0 fully saturated rings. The fourth-order valence-electron chi connectivity index (χ4n) is 2.26. The third kappa shape index (κ3) is 4.44. The van der Waals surface area contributed by atoms with Gasteiger partial charge in [0, 0.05) is 19.0 Å². The van der Waals surface area contributed by atoms with E-state index in [4.69, 9.17) is 9.26 Å². The SMILES string of the molecule is Cc1nc(-c2ccc(OCC(=O)NCc3ccc(C)c(F)c3)cc2)no1. The summed E-state index contributed by atoms with van der Waals surface area (Å²) in [6, 6.07) is 11.9. The molecule has 1 heterocycles. The molecule has 0 aliphatic carbocycles. The highest BCUT2D eigenvalue weighted by atomic mass is 19.1. The standard InChI is InChI=1S/C19H18FN3O3/c1-12-3-4-14(9-17(12)20)10-21-18(24)11-25-16-7-5-15(6-8-16)19-22-13(2)26-23-19/h3-9H,10-11H2,1-2H3,(H,21,24). The lowest BCUT2D eigenvalue weighted by molar-refractivity contribution is -0.123. The summed E-state index contributed by atoms with van der Waals surface area (Å²) < 4.78 is 23.9. The van der Waals surface area contributed by atoms with Crippen molar-refractivity contribution < 1.29 is 18.4 Å². The largest absolute Gasteiger partial charge is 0.484 e. The Morgan fingerprint density at radius 3 is 2.62 bits per heavy atom. The topological polar surface area (TPSA) is 77.2 Å². The Balaban J connectivity index is 1.48. The van der Waals surface area contributed by atoms with E-state index in [1.165, 1.54) is 6.07 Å². The highest BCUT2D eigenvalue weighted by molar-refractivity contribution is 5.77.